The molecular weight excluding hydrogens is 351 g/mol. The number of rotatable bonds is 4. The highest BCUT2D eigenvalue weighted by molar-refractivity contribution is 9.10. The van der Waals surface area contributed by atoms with Gasteiger partial charge in [0, 0.05) is 17.1 Å². The van der Waals surface area contributed by atoms with E-state index < -0.39 is 0 Å². The Morgan fingerprint density at radius 2 is 2.32 bits per heavy atom. The summed E-state index contributed by atoms with van der Waals surface area (Å²) < 4.78 is 0.745. The van der Waals surface area contributed by atoms with Gasteiger partial charge in [-0.05, 0) is 53.9 Å². The molecule has 2 N–H and O–H groups in total. The molecule has 1 aliphatic rings. The zero-order valence-corrected chi connectivity index (χ0v) is 13.6. The van der Waals surface area contributed by atoms with E-state index in [2.05, 4.69) is 26.6 Å². The minimum Gasteiger partial charge on any atom is -0.352 e. The smallest absolute Gasteiger partial charge is 0.252 e. The van der Waals surface area contributed by atoms with Crippen LogP contribution in [0, 0.1) is 0 Å². The molecule has 0 unspecified atom stereocenters. The summed E-state index contributed by atoms with van der Waals surface area (Å²) in [6.45, 7) is 1.77. The Morgan fingerprint density at radius 1 is 1.53 bits per heavy atom. The first-order valence-corrected chi connectivity index (χ1v) is 7.31. The lowest BCUT2D eigenvalue weighted by Crippen LogP contribution is -2.30. The summed E-state index contributed by atoms with van der Waals surface area (Å²) >= 11 is 9.39. The molecule has 0 spiro atoms. The van der Waals surface area contributed by atoms with Gasteiger partial charge in [0.2, 0.25) is 0 Å². The van der Waals surface area contributed by atoms with Crippen molar-refractivity contribution < 1.29 is 4.79 Å². The molecule has 0 saturated carbocycles. The average Bonchev–Trinajstić information content (AvgIpc) is 2.85. The predicted molar refractivity (Wildman–Crippen MR) is 84.4 cm³/mol. The molecule has 1 aromatic carbocycles. The highest BCUT2D eigenvalue weighted by Crippen LogP contribution is 2.25. The van der Waals surface area contributed by atoms with Gasteiger partial charge in [0.25, 0.3) is 5.91 Å². The van der Waals surface area contributed by atoms with Crippen LogP contribution in [0.1, 0.15) is 29.6 Å². The number of carbonyl (C=O) groups excluding carboxylic acids is 1. The lowest BCUT2D eigenvalue weighted by molar-refractivity contribution is 0.0952. The van der Waals surface area contributed by atoms with Crippen molar-refractivity contribution >= 4 is 45.8 Å². The maximum absolute atomic E-state index is 12.0. The summed E-state index contributed by atoms with van der Waals surface area (Å²) in [6, 6.07) is 5.91. The second-order valence-corrected chi connectivity index (χ2v) is 5.67. The van der Waals surface area contributed by atoms with Crippen LogP contribution in [0.15, 0.2) is 22.7 Å². The van der Waals surface area contributed by atoms with Crippen molar-refractivity contribution in [2.45, 2.75) is 25.3 Å². The zero-order valence-electron chi connectivity index (χ0n) is 10.4. The molecule has 1 atom stereocenters. The normalized spacial score (nSPS) is 17.9. The van der Waals surface area contributed by atoms with E-state index in [0.717, 1.165) is 17.4 Å². The third-order valence-corrected chi connectivity index (χ3v) is 4.43. The molecule has 6 heteroatoms. The Balaban J connectivity index is 0.00000180. The van der Waals surface area contributed by atoms with E-state index >= 15 is 0 Å². The van der Waals surface area contributed by atoms with E-state index in [1.165, 1.54) is 12.8 Å². The summed E-state index contributed by atoms with van der Waals surface area (Å²) in [5.41, 5.74) is 0.519. The van der Waals surface area contributed by atoms with Gasteiger partial charge in [-0.3, -0.25) is 4.79 Å². The van der Waals surface area contributed by atoms with E-state index in [-0.39, 0.29) is 18.3 Å². The van der Waals surface area contributed by atoms with Gasteiger partial charge in [0.1, 0.15) is 0 Å². The highest BCUT2D eigenvalue weighted by Gasteiger charge is 2.15. The van der Waals surface area contributed by atoms with Crippen molar-refractivity contribution in [1.82, 2.24) is 10.6 Å². The van der Waals surface area contributed by atoms with Crippen LogP contribution in [0.25, 0.3) is 0 Å². The summed E-state index contributed by atoms with van der Waals surface area (Å²) in [7, 11) is 0. The number of carbonyl (C=O) groups is 1. The molecule has 1 fully saturated rings. The molecule has 0 aliphatic carbocycles. The van der Waals surface area contributed by atoms with Crippen molar-refractivity contribution in [3.8, 4) is 0 Å². The fraction of sp³-hybridized carbons (Fsp3) is 0.462. The maximum Gasteiger partial charge on any atom is 0.252 e. The molecule has 106 valence electrons. The molecule has 1 aliphatic heterocycles. The minimum absolute atomic E-state index is 0. The van der Waals surface area contributed by atoms with Gasteiger partial charge >= 0.3 is 0 Å². The number of amides is 1. The van der Waals surface area contributed by atoms with Crippen molar-refractivity contribution in [2.24, 2.45) is 0 Å². The van der Waals surface area contributed by atoms with Crippen LogP contribution >= 0.6 is 39.9 Å². The van der Waals surface area contributed by atoms with E-state index in [0.29, 0.717) is 23.2 Å². The quantitative estimate of drug-likeness (QED) is 0.856. The lowest BCUT2D eigenvalue weighted by Gasteiger charge is -2.11. The number of halogens is 3. The summed E-state index contributed by atoms with van der Waals surface area (Å²) in [5, 5.41) is 6.78. The van der Waals surface area contributed by atoms with E-state index in [1.54, 1.807) is 6.07 Å². The van der Waals surface area contributed by atoms with Gasteiger partial charge in [-0.1, -0.05) is 17.7 Å². The van der Waals surface area contributed by atoms with Crippen molar-refractivity contribution in [2.75, 3.05) is 13.1 Å². The van der Waals surface area contributed by atoms with Crippen LogP contribution < -0.4 is 10.6 Å². The molecule has 1 saturated heterocycles. The third kappa shape index (κ3) is 4.63. The predicted octanol–water partition coefficient (Wildman–Crippen LogP) is 3.40. The van der Waals surface area contributed by atoms with Gasteiger partial charge < -0.3 is 10.6 Å². The zero-order chi connectivity index (χ0) is 13.0. The van der Waals surface area contributed by atoms with Gasteiger partial charge in [-0.2, -0.15) is 0 Å². The molecule has 1 amide bonds. The molecule has 1 aromatic rings. The minimum atomic E-state index is -0.112. The van der Waals surface area contributed by atoms with E-state index in [4.69, 9.17) is 11.6 Å². The molecule has 19 heavy (non-hydrogen) atoms. The fourth-order valence-electron chi connectivity index (χ4n) is 2.14. The van der Waals surface area contributed by atoms with Gasteiger partial charge in [0.05, 0.1) is 10.6 Å². The standard InChI is InChI=1S/C13H16BrClN2O.ClH/c14-11-5-1-4-10(12(11)15)13(18)17-8-6-9-3-2-7-16-9;/h1,4-5,9,16H,2-3,6-8H2,(H,17,18);1H/t9-;/m1./s1. The number of hydrogen-bond acceptors (Lipinski definition) is 2. The topological polar surface area (TPSA) is 41.1 Å². The van der Waals surface area contributed by atoms with Gasteiger partial charge in [-0.25, -0.2) is 0 Å². The first kappa shape index (κ1) is 16.8. The maximum atomic E-state index is 12.0. The molecule has 0 bridgehead atoms. The average molecular weight is 368 g/mol. The summed E-state index contributed by atoms with van der Waals surface area (Å²) in [6.07, 6.45) is 3.40. The Morgan fingerprint density at radius 3 is 3.00 bits per heavy atom. The Kier molecular flexibility index (Phi) is 7.15. The highest BCUT2D eigenvalue weighted by atomic mass is 79.9. The molecule has 0 radical (unpaired) electrons. The van der Waals surface area contributed by atoms with Crippen LogP contribution in [0.4, 0.5) is 0 Å². The van der Waals surface area contributed by atoms with Gasteiger partial charge in [-0.15, -0.1) is 12.4 Å². The molecule has 2 rings (SSSR count). The SMILES string of the molecule is Cl.O=C(NCC[C@H]1CCCN1)c1cccc(Br)c1Cl. The number of benzene rings is 1. The second-order valence-electron chi connectivity index (χ2n) is 4.44. The summed E-state index contributed by atoms with van der Waals surface area (Å²) in [4.78, 5) is 12.0. The molecule has 0 aromatic heterocycles. The fourth-order valence-corrected chi connectivity index (χ4v) is 2.72. The van der Waals surface area contributed by atoms with Crippen LogP contribution in [-0.4, -0.2) is 25.0 Å². The van der Waals surface area contributed by atoms with Crippen molar-refractivity contribution in [1.29, 1.82) is 0 Å². The Bertz CT molecular complexity index is 437. The van der Waals surface area contributed by atoms with Crippen LogP contribution in [0.3, 0.4) is 0 Å². The van der Waals surface area contributed by atoms with Crippen LogP contribution in [-0.2, 0) is 0 Å². The van der Waals surface area contributed by atoms with Crippen LogP contribution in [0.5, 0.6) is 0 Å². The second kappa shape index (κ2) is 8.10. The summed E-state index contributed by atoms with van der Waals surface area (Å²) in [5.74, 6) is -0.112. The van der Waals surface area contributed by atoms with Gasteiger partial charge in [0.15, 0.2) is 0 Å². The van der Waals surface area contributed by atoms with Crippen molar-refractivity contribution in [3.05, 3.63) is 33.3 Å². The monoisotopic (exact) mass is 366 g/mol. The first-order chi connectivity index (χ1) is 8.68. The first-order valence-electron chi connectivity index (χ1n) is 6.14. The Labute approximate surface area is 133 Å². The van der Waals surface area contributed by atoms with Crippen molar-refractivity contribution in [3.63, 3.8) is 0 Å². The van der Waals surface area contributed by atoms with E-state index in [9.17, 15) is 4.79 Å². The van der Waals surface area contributed by atoms with E-state index in [1.807, 2.05) is 12.1 Å². The number of nitrogens with one attached hydrogen (secondary N) is 2. The Hall–Kier alpha value is -0.290. The molecule has 3 nitrogen and oxygen atoms in total. The largest absolute Gasteiger partial charge is 0.352 e. The molecule has 1 heterocycles. The molecular formula is C13H17BrCl2N2O. The third-order valence-electron chi connectivity index (χ3n) is 3.14. The number of hydrogen-bond donors (Lipinski definition) is 2. The van der Waals surface area contributed by atoms with Crippen LogP contribution in [0.2, 0.25) is 5.02 Å². The lowest BCUT2D eigenvalue weighted by atomic mass is 10.1.